The number of halogens is 1. The number of carboxylic acid groups (broad SMARTS) is 1. The zero-order valence-electron chi connectivity index (χ0n) is 11.8. The first-order valence-corrected chi connectivity index (χ1v) is 7.12. The molecule has 0 aliphatic carbocycles. The molecule has 1 aromatic heterocycles. The van der Waals surface area contributed by atoms with E-state index in [2.05, 4.69) is 10.4 Å². The van der Waals surface area contributed by atoms with Crippen molar-refractivity contribution in [2.75, 3.05) is 0 Å². The van der Waals surface area contributed by atoms with Gasteiger partial charge >= 0.3 is 12.1 Å². The number of hydrogen-bond donors (Lipinski definition) is 2. The Morgan fingerprint density at radius 1 is 1.55 bits per heavy atom. The fourth-order valence-electron chi connectivity index (χ4n) is 1.53. The van der Waals surface area contributed by atoms with Crippen molar-refractivity contribution in [2.45, 2.75) is 45.9 Å². The summed E-state index contributed by atoms with van der Waals surface area (Å²) in [5.74, 6) is -1.05. The molecule has 0 aromatic carbocycles. The first-order chi connectivity index (χ1) is 9.10. The standard InChI is InChI=1S/C12H18IN3O4/c1-7(15-11(19)20-12(2,3)4)6-16-9(10(17)18)8(13)5-14-16/h5,7H,6H2,1-4H3,(H,15,19)(H,17,18)/t7-/m0/s1. The average Bonchev–Trinajstić information content (AvgIpc) is 2.55. The minimum absolute atomic E-state index is 0.114. The van der Waals surface area contributed by atoms with E-state index in [0.717, 1.165) is 0 Å². The molecule has 1 aromatic rings. The van der Waals surface area contributed by atoms with Crippen LogP contribution >= 0.6 is 22.6 Å². The number of aromatic carboxylic acids is 1. The molecule has 8 heteroatoms. The Morgan fingerprint density at radius 2 is 2.15 bits per heavy atom. The van der Waals surface area contributed by atoms with E-state index >= 15 is 0 Å². The molecule has 0 bridgehead atoms. The van der Waals surface area contributed by atoms with Crippen molar-refractivity contribution in [3.63, 3.8) is 0 Å². The Hall–Kier alpha value is -1.32. The van der Waals surface area contributed by atoms with Gasteiger partial charge in [0.1, 0.15) is 5.60 Å². The summed E-state index contributed by atoms with van der Waals surface area (Å²) in [4.78, 5) is 22.7. The largest absolute Gasteiger partial charge is 0.476 e. The van der Waals surface area contributed by atoms with Gasteiger partial charge in [-0.3, -0.25) is 4.68 Å². The van der Waals surface area contributed by atoms with Crippen molar-refractivity contribution in [3.05, 3.63) is 15.5 Å². The van der Waals surface area contributed by atoms with Crippen LogP contribution in [0.2, 0.25) is 0 Å². The topological polar surface area (TPSA) is 93.5 Å². The van der Waals surface area contributed by atoms with Crippen LogP contribution in [0.15, 0.2) is 6.20 Å². The number of amides is 1. The highest BCUT2D eigenvalue weighted by Crippen LogP contribution is 2.12. The Labute approximate surface area is 130 Å². The SMILES string of the molecule is C[C@@H](Cn1ncc(I)c1C(=O)O)NC(=O)OC(C)(C)C. The molecule has 0 fully saturated rings. The van der Waals surface area contributed by atoms with Crippen molar-refractivity contribution >= 4 is 34.7 Å². The lowest BCUT2D eigenvalue weighted by molar-refractivity contribution is 0.0503. The second-order valence-electron chi connectivity index (χ2n) is 5.38. The van der Waals surface area contributed by atoms with Gasteiger partial charge in [-0.1, -0.05) is 0 Å². The van der Waals surface area contributed by atoms with Crippen LogP contribution < -0.4 is 5.32 Å². The van der Waals surface area contributed by atoms with Crippen molar-refractivity contribution in [1.82, 2.24) is 15.1 Å². The number of rotatable bonds is 4. The highest BCUT2D eigenvalue weighted by molar-refractivity contribution is 14.1. The summed E-state index contributed by atoms with van der Waals surface area (Å²) < 4.78 is 7.04. The third kappa shape index (κ3) is 4.99. The summed E-state index contributed by atoms with van der Waals surface area (Å²) >= 11 is 1.91. The molecule has 0 unspecified atom stereocenters. The minimum atomic E-state index is -1.05. The smallest absolute Gasteiger partial charge is 0.407 e. The van der Waals surface area contributed by atoms with Crippen LogP contribution in [0, 0.1) is 3.57 Å². The van der Waals surface area contributed by atoms with Crippen LogP contribution in [0.4, 0.5) is 4.79 Å². The minimum Gasteiger partial charge on any atom is -0.476 e. The van der Waals surface area contributed by atoms with E-state index in [1.54, 1.807) is 27.7 Å². The van der Waals surface area contributed by atoms with Crippen molar-refractivity contribution in [3.8, 4) is 0 Å². The van der Waals surface area contributed by atoms with Crippen LogP contribution in [0.3, 0.4) is 0 Å². The van der Waals surface area contributed by atoms with Gasteiger partial charge in [0.25, 0.3) is 0 Å². The first kappa shape index (κ1) is 16.7. The average molecular weight is 395 g/mol. The predicted molar refractivity (Wildman–Crippen MR) is 80.7 cm³/mol. The monoisotopic (exact) mass is 395 g/mol. The number of carboxylic acids is 1. The molecule has 112 valence electrons. The first-order valence-electron chi connectivity index (χ1n) is 6.04. The Morgan fingerprint density at radius 3 is 2.65 bits per heavy atom. The number of carbonyl (C=O) groups excluding carboxylic acids is 1. The third-order valence-electron chi connectivity index (χ3n) is 2.21. The highest BCUT2D eigenvalue weighted by Gasteiger charge is 2.20. The normalized spacial score (nSPS) is 12.8. The number of aromatic nitrogens is 2. The van der Waals surface area contributed by atoms with Gasteiger partial charge in [-0.2, -0.15) is 5.10 Å². The molecule has 20 heavy (non-hydrogen) atoms. The molecule has 0 aliphatic rings. The van der Waals surface area contributed by atoms with Gasteiger partial charge in [-0.15, -0.1) is 0 Å². The highest BCUT2D eigenvalue weighted by atomic mass is 127. The van der Waals surface area contributed by atoms with E-state index in [9.17, 15) is 9.59 Å². The maximum atomic E-state index is 11.6. The number of ether oxygens (including phenoxy) is 1. The second-order valence-corrected chi connectivity index (χ2v) is 6.54. The molecule has 1 heterocycles. The van der Waals surface area contributed by atoms with E-state index in [4.69, 9.17) is 9.84 Å². The summed E-state index contributed by atoms with van der Waals surface area (Å²) in [6.07, 6.45) is 0.938. The molecule has 0 radical (unpaired) electrons. The van der Waals surface area contributed by atoms with E-state index < -0.39 is 17.7 Å². The Balaban J connectivity index is 2.66. The molecule has 2 N–H and O–H groups in total. The van der Waals surface area contributed by atoms with Crippen molar-refractivity contribution < 1.29 is 19.4 Å². The fraction of sp³-hybridized carbons (Fsp3) is 0.583. The molecule has 1 atom stereocenters. The number of alkyl carbamates (subject to hydrolysis) is 1. The lowest BCUT2D eigenvalue weighted by Gasteiger charge is -2.22. The van der Waals surface area contributed by atoms with Gasteiger partial charge < -0.3 is 15.2 Å². The van der Waals surface area contributed by atoms with Gasteiger partial charge in [0.05, 0.1) is 16.3 Å². The molecule has 0 saturated heterocycles. The van der Waals surface area contributed by atoms with Gasteiger partial charge in [0.2, 0.25) is 0 Å². The van der Waals surface area contributed by atoms with E-state index in [1.165, 1.54) is 10.9 Å². The third-order valence-corrected chi connectivity index (χ3v) is 3.00. The maximum Gasteiger partial charge on any atom is 0.407 e. The molecule has 0 spiro atoms. The fourth-order valence-corrected chi connectivity index (χ4v) is 2.16. The zero-order chi connectivity index (χ0) is 15.5. The molecule has 0 saturated carbocycles. The van der Waals surface area contributed by atoms with Crippen LogP contribution in [0.1, 0.15) is 38.2 Å². The zero-order valence-corrected chi connectivity index (χ0v) is 14.0. The molecule has 0 aliphatic heterocycles. The molecular weight excluding hydrogens is 377 g/mol. The molecule has 1 rings (SSSR count). The number of nitrogens with one attached hydrogen (secondary N) is 1. The summed E-state index contributed by atoms with van der Waals surface area (Å²) in [7, 11) is 0. The van der Waals surface area contributed by atoms with Crippen LogP contribution in [-0.4, -0.2) is 38.6 Å². The molecule has 1 amide bonds. The lowest BCUT2D eigenvalue weighted by Crippen LogP contribution is -2.40. The van der Waals surface area contributed by atoms with Crippen LogP contribution in [0.25, 0.3) is 0 Å². The van der Waals surface area contributed by atoms with E-state index in [1.807, 2.05) is 22.6 Å². The maximum absolute atomic E-state index is 11.6. The van der Waals surface area contributed by atoms with Crippen molar-refractivity contribution in [1.29, 1.82) is 0 Å². The predicted octanol–water partition coefficient (Wildman–Crippen LogP) is 2.10. The Bertz CT molecular complexity index is 507. The summed E-state index contributed by atoms with van der Waals surface area (Å²) in [6, 6.07) is -0.307. The number of nitrogens with zero attached hydrogens (tertiary/aromatic N) is 2. The van der Waals surface area contributed by atoms with Crippen LogP contribution in [0.5, 0.6) is 0 Å². The Kier molecular flexibility index (Phi) is 5.37. The second kappa shape index (κ2) is 6.42. The van der Waals surface area contributed by atoms with Crippen molar-refractivity contribution in [2.24, 2.45) is 0 Å². The summed E-state index contributed by atoms with van der Waals surface area (Å²) in [6.45, 7) is 7.33. The summed E-state index contributed by atoms with van der Waals surface area (Å²) in [5, 5.41) is 15.7. The molecular formula is C12H18IN3O4. The quantitative estimate of drug-likeness (QED) is 0.762. The van der Waals surface area contributed by atoms with E-state index in [0.29, 0.717) is 3.57 Å². The van der Waals surface area contributed by atoms with Crippen LogP contribution in [-0.2, 0) is 11.3 Å². The van der Waals surface area contributed by atoms with Gasteiger partial charge in [0.15, 0.2) is 5.69 Å². The van der Waals surface area contributed by atoms with Gasteiger partial charge in [-0.25, -0.2) is 9.59 Å². The number of carbonyl (C=O) groups is 2. The van der Waals surface area contributed by atoms with Gasteiger partial charge in [0, 0.05) is 6.04 Å². The van der Waals surface area contributed by atoms with E-state index in [-0.39, 0.29) is 18.3 Å². The lowest BCUT2D eigenvalue weighted by atomic mass is 10.2. The molecule has 7 nitrogen and oxygen atoms in total. The van der Waals surface area contributed by atoms with Gasteiger partial charge in [-0.05, 0) is 50.3 Å². The number of hydrogen-bond acceptors (Lipinski definition) is 4. The summed E-state index contributed by atoms with van der Waals surface area (Å²) in [5.41, 5.74) is -0.458.